The van der Waals surface area contributed by atoms with E-state index in [9.17, 15) is 15.2 Å². The lowest BCUT2D eigenvalue weighted by atomic mass is 10.1. The number of fused-ring (bicyclic) bond motifs is 1. The molecule has 0 saturated carbocycles. The molecule has 8 nitrogen and oxygen atoms in total. The van der Waals surface area contributed by atoms with Crippen LogP contribution in [0.4, 0.5) is 11.5 Å². The van der Waals surface area contributed by atoms with Crippen molar-refractivity contribution in [2.24, 2.45) is 0 Å². The Labute approximate surface area is 156 Å². The molecule has 27 heavy (non-hydrogen) atoms. The first-order chi connectivity index (χ1) is 13.0. The van der Waals surface area contributed by atoms with Gasteiger partial charge >= 0.3 is 5.69 Å². The maximum atomic E-state index is 11.5. The molecule has 0 spiro atoms. The minimum atomic E-state index is -1.13. The highest BCUT2D eigenvalue weighted by Gasteiger charge is 2.21. The zero-order valence-electron chi connectivity index (χ0n) is 15.0. The van der Waals surface area contributed by atoms with Crippen LogP contribution in [0.25, 0.3) is 10.9 Å². The van der Waals surface area contributed by atoms with Gasteiger partial charge in [0.2, 0.25) is 5.75 Å². The zero-order valence-corrected chi connectivity index (χ0v) is 15.0. The molecular weight excluding hydrogens is 348 g/mol. The molecule has 0 radical (unpaired) electrons. The Morgan fingerprint density at radius 2 is 2.00 bits per heavy atom. The van der Waals surface area contributed by atoms with Gasteiger partial charge in [0.1, 0.15) is 12.1 Å². The third-order valence-corrected chi connectivity index (χ3v) is 4.18. The van der Waals surface area contributed by atoms with Crippen LogP contribution in [-0.2, 0) is 0 Å². The third kappa shape index (κ3) is 4.12. The molecule has 2 unspecified atom stereocenters. The van der Waals surface area contributed by atoms with Gasteiger partial charge in [-0.25, -0.2) is 9.97 Å². The molecule has 140 valence electrons. The summed E-state index contributed by atoms with van der Waals surface area (Å²) in [5, 5.41) is 25.0. The fraction of sp³-hybridized carbons (Fsp3) is 0.263. The number of nitro groups is 1. The molecular formula is C19H20N4O4. The van der Waals surface area contributed by atoms with Crippen LogP contribution in [0.3, 0.4) is 0 Å². The number of anilines is 1. The molecule has 0 aliphatic heterocycles. The summed E-state index contributed by atoms with van der Waals surface area (Å²) in [7, 11) is 0. The van der Waals surface area contributed by atoms with Crippen LogP contribution in [0.2, 0.25) is 0 Å². The lowest BCUT2D eigenvalue weighted by Gasteiger charge is -2.17. The van der Waals surface area contributed by atoms with Gasteiger partial charge in [-0.15, -0.1) is 0 Å². The van der Waals surface area contributed by atoms with Gasteiger partial charge in [0.05, 0.1) is 10.4 Å². The molecule has 0 amide bonds. The molecule has 1 heterocycles. The van der Waals surface area contributed by atoms with Crippen molar-refractivity contribution in [2.75, 3.05) is 5.32 Å². The van der Waals surface area contributed by atoms with E-state index >= 15 is 0 Å². The lowest BCUT2D eigenvalue weighted by molar-refractivity contribution is -0.386. The smallest absolute Gasteiger partial charge is 0.311 e. The molecule has 1 aromatic heterocycles. The van der Waals surface area contributed by atoms with Crippen molar-refractivity contribution in [1.29, 1.82) is 0 Å². The number of aliphatic hydroxyl groups is 1. The Balaban J connectivity index is 2.02. The molecule has 0 bridgehead atoms. The van der Waals surface area contributed by atoms with Crippen LogP contribution in [0, 0.1) is 10.1 Å². The fourth-order valence-corrected chi connectivity index (χ4v) is 2.68. The first-order valence-electron chi connectivity index (χ1n) is 8.59. The summed E-state index contributed by atoms with van der Waals surface area (Å²) in [6, 6.07) is 12.6. The molecule has 2 N–H and O–H groups in total. The second kappa shape index (κ2) is 7.96. The summed E-state index contributed by atoms with van der Waals surface area (Å²) >= 11 is 0. The second-order valence-corrected chi connectivity index (χ2v) is 6.07. The van der Waals surface area contributed by atoms with Gasteiger partial charge in [-0.1, -0.05) is 37.3 Å². The van der Waals surface area contributed by atoms with E-state index in [-0.39, 0.29) is 17.5 Å². The summed E-state index contributed by atoms with van der Waals surface area (Å²) in [5.74, 6) is 0.463. The van der Waals surface area contributed by atoms with Crippen LogP contribution >= 0.6 is 0 Å². The van der Waals surface area contributed by atoms with Crippen LogP contribution in [0.15, 0.2) is 48.8 Å². The van der Waals surface area contributed by atoms with E-state index in [1.807, 2.05) is 37.3 Å². The SMILES string of the molecule is CCC(O)Oc1cc2ncnc(NC(C)c3ccccc3)c2cc1[N+](=O)[O-]. The molecule has 8 heteroatoms. The Kier molecular flexibility index (Phi) is 5.46. The standard InChI is InChI=1S/C19H20N4O4/c1-3-18(24)27-17-10-15-14(9-16(17)23(25)26)19(21-11-20-15)22-12(2)13-7-5-4-6-8-13/h4-12,18,24H,3H2,1-2H3,(H,20,21,22). The summed E-state index contributed by atoms with van der Waals surface area (Å²) < 4.78 is 5.29. The summed E-state index contributed by atoms with van der Waals surface area (Å²) in [6.45, 7) is 3.69. The Bertz CT molecular complexity index is 949. The molecule has 0 fully saturated rings. The number of ether oxygens (including phenoxy) is 1. The van der Waals surface area contributed by atoms with Gasteiger partial charge in [0.15, 0.2) is 6.29 Å². The van der Waals surface area contributed by atoms with Gasteiger partial charge in [0, 0.05) is 30.0 Å². The number of nitrogens with zero attached hydrogens (tertiary/aromatic N) is 3. The molecule has 3 aromatic rings. The Morgan fingerprint density at radius 1 is 1.26 bits per heavy atom. The predicted molar refractivity (Wildman–Crippen MR) is 102 cm³/mol. The number of nitro benzene ring substituents is 1. The van der Waals surface area contributed by atoms with Gasteiger partial charge in [-0.05, 0) is 12.5 Å². The van der Waals surface area contributed by atoms with E-state index < -0.39 is 11.2 Å². The average molecular weight is 368 g/mol. The zero-order chi connectivity index (χ0) is 19.4. The normalized spacial score (nSPS) is 13.1. The van der Waals surface area contributed by atoms with Gasteiger partial charge < -0.3 is 15.2 Å². The molecule has 0 saturated heterocycles. The fourth-order valence-electron chi connectivity index (χ4n) is 2.68. The number of benzene rings is 2. The highest BCUT2D eigenvalue weighted by molar-refractivity contribution is 5.92. The van der Waals surface area contributed by atoms with Gasteiger partial charge in [-0.2, -0.15) is 0 Å². The van der Waals surface area contributed by atoms with Crippen LogP contribution in [0.1, 0.15) is 31.9 Å². The van der Waals surface area contributed by atoms with Crippen molar-refractivity contribution < 1.29 is 14.8 Å². The van der Waals surface area contributed by atoms with E-state index in [1.165, 1.54) is 18.5 Å². The van der Waals surface area contributed by atoms with Crippen LogP contribution < -0.4 is 10.1 Å². The second-order valence-electron chi connectivity index (χ2n) is 6.07. The number of hydrogen-bond donors (Lipinski definition) is 2. The van der Waals surface area contributed by atoms with E-state index in [2.05, 4.69) is 15.3 Å². The number of aromatic nitrogens is 2. The monoisotopic (exact) mass is 368 g/mol. The molecule has 0 aliphatic rings. The van der Waals surface area contributed by atoms with Crippen molar-refractivity contribution in [1.82, 2.24) is 9.97 Å². The summed E-state index contributed by atoms with van der Waals surface area (Å²) in [6.07, 6.45) is 0.563. The first-order valence-corrected chi connectivity index (χ1v) is 8.59. The Hall–Kier alpha value is -3.26. The lowest BCUT2D eigenvalue weighted by Crippen LogP contribution is -2.14. The maximum Gasteiger partial charge on any atom is 0.311 e. The maximum absolute atomic E-state index is 11.5. The summed E-state index contributed by atoms with van der Waals surface area (Å²) in [5.41, 5.74) is 1.29. The highest BCUT2D eigenvalue weighted by Crippen LogP contribution is 2.35. The van der Waals surface area contributed by atoms with Crippen LogP contribution in [-0.4, -0.2) is 26.3 Å². The van der Waals surface area contributed by atoms with Gasteiger partial charge in [-0.3, -0.25) is 10.1 Å². The van der Waals surface area contributed by atoms with Crippen molar-refractivity contribution in [3.8, 4) is 5.75 Å². The third-order valence-electron chi connectivity index (χ3n) is 4.18. The van der Waals surface area contributed by atoms with E-state index in [0.717, 1.165) is 5.56 Å². The first kappa shape index (κ1) is 18.5. The Morgan fingerprint density at radius 3 is 2.67 bits per heavy atom. The number of hydrogen-bond acceptors (Lipinski definition) is 7. The highest BCUT2D eigenvalue weighted by atomic mass is 16.6. The predicted octanol–water partition coefficient (Wildman–Crippen LogP) is 3.82. The summed E-state index contributed by atoms with van der Waals surface area (Å²) in [4.78, 5) is 19.4. The van der Waals surface area contributed by atoms with E-state index in [1.54, 1.807) is 6.92 Å². The molecule has 2 atom stereocenters. The van der Waals surface area contributed by atoms with Crippen molar-refractivity contribution in [3.05, 3.63) is 64.5 Å². The molecule has 2 aromatic carbocycles. The van der Waals surface area contributed by atoms with Gasteiger partial charge in [0.25, 0.3) is 0 Å². The van der Waals surface area contributed by atoms with E-state index in [4.69, 9.17) is 4.74 Å². The minimum Gasteiger partial charge on any atom is -0.458 e. The molecule has 0 aliphatic carbocycles. The number of aliphatic hydroxyl groups excluding tert-OH is 1. The van der Waals surface area contributed by atoms with Crippen LogP contribution in [0.5, 0.6) is 5.75 Å². The van der Waals surface area contributed by atoms with Crippen molar-refractivity contribution in [3.63, 3.8) is 0 Å². The minimum absolute atomic E-state index is 0.0254. The largest absolute Gasteiger partial charge is 0.458 e. The number of rotatable bonds is 7. The van der Waals surface area contributed by atoms with E-state index in [0.29, 0.717) is 23.1 Å². The topological polar surface area (TPSA) is 110 Å². The number of nitrogens with one attached hydrogen (secondary N) is 1. The average Bonchev–Trinajstić information content (AvgIpc) is 2.68. The van der Waals surface area contributed by atoms with Crippen molar-refractivity contribution >= 4 is 22.4 Å². The quantitative estimate of drug-likeness (QED) is 0.370. The van der Waals surface area contributed by atoms with Crippen molar-refractivity contribution in [2.45, 2.75) is 32.6 Å². The molecule has 3 rings (SSSR count).